The molecule has 0 aliphatic carbocycles. The Morgan fingerprint density at radius 1 is 0.438 bits per heavy atom. The van der Waals surface area contributed by atoms with E-state index in [0.717, 1.165) is 21.7 Å². The van der Waals surface area contributed by atoms with Crippen LogP contribution in [-0.2, 0) is 15.9 Å². The van der Waals surface area contributed by atoms with Crippen molar-refractivity contribution < 1.29 is 35.2 Å². The number of carbonyl (C=O) groups is 1. The number of fused-ring (bicyclic) bond motifs is 3. The Morgan fingerprint density at radius 2 is 0.743 bits per heavy atom. The number of hydrogen-bond donors (Lipinski definition) is 3. The molecule has 6 aromatic heterocycles. The zero-order valence-electron chi connectivity index (χ0n) is 55.1. The molecule has 0 fully saturated rings. The molecule has 0 spiro atoms. The number of nitrogens with zero attached hydrogens (tertiary/aromatic N) is 7. The molecule has 15 rings (SSSR count). The largest absolute Gasteiger partial charge is 0.0622 e. The molecule has 0 saturated carbocycles. The van der Waals surface area contributed by atoms with Gasteiger partial charge < -0.3 is 15.8 Å². The normalized spacial score (nSPS) is 10.2. The van der Waals surface area contributed by atoms with Gasteiger partial charge in [0, 0.05) is 56.9 Å². The number of amides is 1. The van der Waals surface area contributed by atoms with E-state index in [4.69, 9.17) is 111 Å². The maximum atomic E-state index is 12.5. The number of benzene rings is 9. The molecule has 1 amide bonds. The van der Waals surface area contributed by atoms with Gasteiger partial charge >= 0.3 is 42.1 Å². The Labute approximate surface area is 657 Å². The van der Waals surface area contributed by atoms with E-state index >= 15 is 0 Å². The molecule has 4 N–H and O–H groups in total. The molecule has 0 aliphatic rings. The molecule has 0 radical (unpaired) electrons. The number of para-hydroxylation sites is 1. The van der Waals surface area contributed by atoms with Crippen LogP contribution in [0.15, 0.2) is 328 Å². The molecule has 24 heteroatoms. The molecule has 0 unspecified atom stereocenters. The second kappa shape index (κ2) is 44.4. The average molecular weight is 1680 g/mol. The molecule has 0 saturated heterocycles. The van der Waals surface area contributed by atoms with Crippen molar-refractivity contribution in [3.8, 4) is 22.5 Å². The third-order valence-electron chi connectivity index (χ3n) is 14.6. The monoisotopic (exact) mass is 1670 g/mol. The first-order chi connectivity index (χ1) is 51.2. The number of primary amides is 1. The summed E-state index contributed by atoms with van der Waals surface area (Å²) >= 11 is 33.5. The quantitative estimate of drug-likeness (QED) is 0.0397. The summed E-state index contributed by atoms with van der Waals surface area (Å²) in [5, 5.41) is 30.1. The minimum atomic E-state index is -1.72. The number of nitrogens with two attached hydrogens (primary N) is 1. The van der Waals surface area contributed by atoms with E-state index in [-0.39, 0.29) is 26.7 Å². The van der Waals surface area contributed by atoms with Gasteiger partial charge in [0.2, 0.25) is 5.91 Å². The van der Waals surface area contributed by atoms with Gasteiger partial charge in [-0.25, -0.2) is 39.1 Å². The molecule has 11 nitrogen and oxygen atoms in total. The number of aromatic nitrogens is 6. The zero-order chi connectivity index (χ0) is 74.7. The first kappa shape index (κ1) is 82.0. The van der Waals surface area contributed by atoms with Gasteiger partial charge in [-0.2, -0.15) is 0 Å². The van der Waals surface area contributed by atoms with Crippen LogP contribution >= 0.6 is 105 Å². The molecule has 0 atom stereocenters. The fraction of sp³-hybridized carbons (Fsp3) is 0.0123. The van der Waals surface area contributed by atoms with Gasteiger partial charge in [0.15, 0.2) is 22.6 Å². The number of alkyl halides is 2. The molecule has 15 aromatic rings. The van der Waals surface area contributed by atoms with Gasteiger partial charge in [-0.1, -0.05) is 289 Å². The van der Waals surface area contributed by atoms with Crippen LogP contribution in [0.4, 0.5) is 10.1 Å². The minimum Gasteiger partial charge on any atom is -0.0622 e. The second-order valence-electron chi connectivity index (χ2n) is 21.3. The van der Waals surface area contributed by atoms with Gasteiger partial charge in [-0.15, -0.1) is 23.2 Å². The van der Waals surface area contributed by atoms with Gasteiger partial charge in [-0.05, 0) is 114 Å². The average Bonchev–Trinajstić information content (AvgIpc) is 0.834. The zero-order valence-corrected chi connectivity index (χ0v) is 64.5. The predicted octanol–water partition coefficient (Wildman–Crippen LogP) is 19.7. The maximum Gasteiger partial charge on any atom is -0.0134 e. The van der Waals surface area contributed by atoms with Gasteiger partial charge in [0.1, 0.15) is 11.0 Å². The van der Waals surface area contributed by atoms with Crippen LogP contribution in [0.3, 0.4) is 0 Å². The van der Waals surface area contributed by atoms with Crippen LogP contribution in [0.2, 0.25) is 20.2 Å². The van der Waals surface area contributed by atoms with Crippen LogP contribution in [0, 0.1) is 12.4 Å². The van der Waals surface area contributed by atoms with Gasteiger partial charge in [-0.3, -0.25) is 4.79 Å². The summed E-state index contributed by atoms with van der Waals surface area (Å²) in [5.74, 6) is -1.10. The van der Waals surface area contributed by atoms with Crippen LogP contribution < -0.4 is 43.0 Å². The number of rotatable bonds is 10. The number of halogens is 9. The van der Waals surface area contributed by atoms with E-state index in [2.05, 4.69) is 217 Å². The van der Waals surface area contributed by atoms with Crippen molar-refractivity contribution in [3.63, 3.8) is 0 Å². The van der Waals surface area contributed by atoms with E-state index in [1.165, 1.54) is 56.1 Å². The van der Waals surface area contributed by atoms with Crippen molar-refractivity contribution in [3.05, 3.63) is 371 Å². The summed E-state index contributed by atoms with van der Waals surface area (Å²) in [7, 11) is 7.01. The second-order valence-corrected chi connectivity index (χ2v) is 30.5. The predicted molar refractivity (Wildman–Crippen MR) is 439 cm³/mol. The molecule has 6 heterocycles. The topological polar surface area (TPSA) is 165 Å². The molecule has 0 aliphatic heterocycles. The Morgan fingerprint density at radius 3 is 1.09 bits per heavy atom. The molecule has 9 aromatic carbocycles. The van der Waals surface area contributed by atoms with Crippen molar-refractivity contribution >= 4 is 194 Å². The van der Waals surface area contributed by atoms with E-state index in [1.807, 2.05) is 54.6 Å². The van der Waals surface area contributed by atoms with Gasteiger partial charge in [0.25, 0.3) is 0 Å². The third kappa shape index (κ3) is 24.7. The SMILES string of the molecule is ClCCl.Clc1cc(Cl)c2cccnc2n1.NC(=O)c1ccccc1-c1cc(Cl)c2cccnc2n1.OB(O)c1ccccc1F.[C-]#[N+]c1ccccc1-c1cc(Cl)c2cccnc2n1.[Cl][Pd][Cl].c1ccc(P(c2ccccc2)c2ccccc2)cc1.c1ccc(P(c2ccccc2)c2ccccc2)cc1. The van der Waals surface area contributed by atoms with Gasteiger partial charge in [0.05, 0.1) is 38.4 Å². The fourth-order valence-electron chi connectivity index (χ4n) is 10.0. The molecular weight excluding hydrogens is 1610 g/mol. The Kier molecular flexibility index (Phi) is 34.7. The molecule has 528 valence electrons. The maximum absolute atomic E-state index is 12.5. The van der Waals surface area contributed by atoms with E-state index in [1.54, 1.807) is 67.1 Å². The summed E-state index contributed by atoms with van der Waals surface area (Å²) < 4.78 is 12.5. The smallest absolute Gasteiger partial charge is 0.0134 e. The van der Waals surface area contributed by atoms with Crippen molar-refractivity contribution in [2.45, 2.75) is 0 Å². The van der Waals surface area contributed by atoms with Crippen molar-refractivity contribution in [2.24, 2.45) is 5.73 Å². The Bertz CT molecular complexity index is 4930. The van der Waals surface area contributed by atoms with E-state index < -0.39 is 34.7 Å². The third-order valence-corrected chi connectivity index (χ3v) is 20.6. The van der Waals surface area contributed by atoms with Crippen LogP contribution in [-0.4, -0.2) is 58.3 Å². The van der Waals surface area contributed by atoms with Crippen LogP contribution in [0.5, 0.6) is 0 Å². The summed E-state index contributed by atoms with van der Waals surface area (Å²) in [6.45, 7) is 7.20. The van der Waals surface area contributed by atoms with E-state index in [9.17, 15) is 9.18 Å². The van der Waals surface area contributed by atoms with E-state index in [0.29, 0.717) is 65.4 Å². The summed E-state index contributed by atoms with van der Waals surface area (Å²) in [6, 6.07) is 101. The van der Waals surface area contributed by atoms with Crippen LogP contribution in [0.25, 0.3) is 60.5 Å². The molecule has 105 heavy (non-hydrogen) atoms. The number of pyridine rings is 6. The molecular formula is C81H60BCl8FN8O3P2Pd. The first-order valence-corrected chi connectivity index (χ1v) is 40.7. The van der Waals surface area contributed by atoms with Crippen molar-refractivity contribution in [1.29, 1.82) is 0 Å². The Balaban J connectivity index is 0.000000159. The first-order valence-electron chi connectivity index (χ1n) is 31.4. The van der Waals surface area contributed by atoms with Crippen LogP contribution in [0.1, 0.15) is 10.4 Å². The molecule has 0 bridgehead atoms. The summed E-state index contributed by atoms with van der Waals surface area (Å²) in [6.07, 6.45) is 4.98. The number of carbonyl (C=O) groups excluding carboxylic acids is 1. The van der Waals surface area contributed by atoms with Crippen molar-refractivity contribution in [1.82, 2.24) is 29.9 Å². The standard InChI is InChI=1S/2C18H15P.C15H10ClN3O.C15H8ClN3.C8H4Cl2N2.C6H6BFO2.CH2Cl2.2ClH.Pd/c2*1-4-10-16(11-5-1)19(17-12-6-2-7-13-17)18-14-8-3-9-15-18;16-12-8-13(19-15-11(12)6-3-7-18-15)9-4-1-2-5-10(9)14(17)20;1-17-13-7-3-2-5-11(13)14-9-12(16)10-6-4-8-18-15(10)19-14;9-6-4-7(10)12-8-5(6)2-1-3-11-8;8-6-4-2-1-3-5(6)7(9)10;2-1-3;;;/h2*1-15H;1-8H,(H2,17,20);2-9H;1-4H;1-4,9-10H;1H2;2*1H;/q;;;;;;;;;+2/p-2. The number of hydrogen-bond acceptors (Lipinski definition) is 9. The summed E-state index contributed by atoms with van der Waals surface area (Å²) in [5.41, 5.74) is 10.6. The summed E-state index contributed by atoms with van der Waals surface area (Å²) in [4.78, 5) is 40.3. The Hall–Kier alpha value is -8.62. The van der Waals surface area contributed by atoms with Crippen molar-refractivity contribution in [2.75, 3.05) is 5.34 Å². The fourth-order valence-corrected chi connectivity index (χ4v) is 15.7. The minimum absolute atomic E-state index is 0.0949.